The highest BCUT2D eigenvalue weighted by Gasteiger charge is 2.17. The smallest absolute Gasteiger partial charge is 0.246 e. The highest BCUT2D eigenvalue weighted by atomic mass is 35.5. The number of fused-ring (bicyclic) bond motifs is 1. The molecule has 0 fully saturated rings. The molecule has 6 nitrogen and oxygen atoms in total. The number of halogens is 1. The fourth-order valence-corrected chi connectivity index (χ4v) is 4.08. The Morgan fingerprint density at radius 3 is 2.47 bits per heavy atom. The van der Waals surface area contributed by atoms with Gasteiger partial charge in [0.2, 0.25) is 11.8 Å². The van der Waals surface area contributed by atoms with Gasteiger partial charge in [0.15, 0.2) is 0 Å². The highest BCUT2D eigenvalue weighted by Crippen LogP contribution is 2.19. The van der Waals surface area contributed by atoms with Crippen molar-refractivity contribution in [2.24, 2.45) is 0 Å². The van der Waals surface area contributed by atoms with E-state index in [1.54, 1.807) is 18.0 Å². The largest absolute Gasteiger partial charge is 0.356 e. The van der Waals surface area contributed by atoms with Crippen molar-refractivity contribution in [1.29, 1.82) is 0 Å². The van der Waals surface area contributed by atoms with E-state index in [0.29, 0.717) is 24.4 Å². The lowest BCUT2D eigenvalue weighted by Gasteiger charge is -2.18. The molecule has 7 heteroatoms. The topological polar surface area (TPSA) is 67.2 Å². The lowest BCUT2D eigenvalue weighted by atomic mass is 10.1. The number of amides is 2. The van der Waals surface area contributed by atoms with Gasteiger partial charge in [0.1, 0.15) is 12.4 Å². The first-order valence-corrected chi connectivity index (χ1v) is 11.7. The number of benzene rings is 3. The summed E-state index contributed by atoms with van der Waals surface area (Å²) in [4.78, 5) is 31.8. The van der Waals surface area contributed by atoms with Crippen molar-refractivity contribution < 1.29 is 9.59 Å². The molecule has 2 amide bonds. The monoisotopic (exact) mass is 474 g/mol. The Labute approximate surface area is 204 Å². The summed E-state index contributed by atoms with van der Waals surface area (Å²) in [5, 5.41) is 3.55. The summed E-state index contributed by atoms with van der Waals surface area (Å²) in [6.07, 6.45) is 1.60. The fraction of sp³-hybridized carbons (Fsp3) is 0.222. The van der Waals surface area contributed by atoms with E-state index in [1.807, 2.05) is 77.4 Å². The number of imidazole rings is 1. The van der Waals surface area contributed by atoms with Crippen LogP contribution < -0.4 is 10.2 Å². The highest BCUT2D eigenvalue weighted by molar-refractivity contribution is 6.31. The van der Waals surface area contributed by atoms with Crippen molar-refractivity contribution in [1.82, 2.24) is 14.9 Å². The lowest BCUT2D eigenvalue weighted by molar-refractivity contribution is -0.120. The molecular formula is C27H27ClN4O2. The number of likely N-dealkylation sites (N-methyl/N-ethyl adjacent to an activating group) is 1. The molecular weight excluding hydrogens is 448 g/mol. The van der Waals surface area contributed by atoms with Crippen LogP contribution in [0.3, 0.4) is 0 Å². The van der Waals surface area contributed by atoms with E-state index in [1.165, 1.54) is 0 Å². The first kappa shape index (κ1) is 23.5. The predicted molar refractivity (Wildman–Crippen MR) is 136 cm³/mol. The Morgan fingerprint density at radius 2 is 1.68 bits per heavy atom. The summed E-state index contributed by atoms with van der Waals surface area (Å²) in [5.41, 5.74) is 3.44. The van der Waals surface area contributed by atoms with Crippen molar-refractivity contribution in [3.63, 3.8) is 0 Å². The van der Waals surface area contributed by atoms with Gasteiger partial charge in [0, 0.05) is 30.7 Å². The zero-order chi connectivity index (χ0) is 23.9. The van der Waals surface area contributed by atoms with Crippen LogP contribution in [0.4, 0.5) is 5.69 Å². The summed E-state index contributed by atoms with van der Waals surface area (Å²) < 4.78 is 1.97. The summed E-state index contributed by atoms with van der Waals surface area (Å²) in [5.74, 6) is 0.737. The summed E-state index contributed by atoms with van der Waals surface area (Å²) in [6.45, 7) is 0.713. The number of para-hydroxylation sites is 3. The quantitative estimate of drug-likeness (QED) is 0.359. The maximum absolute atomic E-state index is 13.0. The molecule has 0 aliphatic carbocycles. The van der Waals surface area contributed by atoms with Gasteiger partial charge in [-0.15, -0.1) is 0 Å². The zero-order valence-corrected chi connectivity index (χ0v) is 19.8. The van der Waals surface area contributed by atoms with Crippen LogP contribution in [-0.4, -0.2) is 35.0 Å². The average Bonchev–Trinajstić information content (AvgIpc) is 3.20. The van der Waals surface area contributed by atoms with E-state index in [0.717, 1.165) is 28.1 Å². The third-order valence-corrected chi connectivity index (χ3v) is 6.12. The van der Waals surface area contributed by atoms with E-state index >= 15 is 0 Å². The fourth-order valence-electron chi connectivity index (χ4n) is 3.88. The number of carbonyl (C=O) groups excluding carboxylic acids is 2. The number of hydrogen-bond acceptors (Lipinski definition) is 3. The molecule has 0 aliphatic rings. The van der Waals surface area contributed by atoms with Gasteiger partial charge in [0.05, 0.1) is 17.5 Å². The van der Waals surface area contributed by atoms with Gasteiger partial charge in [-0.1, -0.05) is 60.1 Å². The van der Waals surface area contributed by atoms with E-state index in [-0.39, 0.29) is 24.8 Å². The minimum Gasteiger partial charge on any atom is -0.356 e. The second-order valence-corrected chi connectivity index (χ2v) is 8.52. The Morgan fingerprint density at radius 1 is 0.971 bits per heavy atom. The van der Waals surface area contributed by atoms with Gasteiger partial charge < -0.3 is 14.8 Å². The summed E-state index contributed by atoms with van der Waals surface area (Å²) in [7, 11) is 1.78. The number of anilines is 1. The second kappa shape index (κ2) is 11.0. The molecule has 1 heterocycles. The molecule has 3 aromatic carbocycles. The predicted octanol–water partition coefficient (Wildman–Crippen LogP) is 4.64. The van der Waals surface area contributed by atoms with Crippen LogP contribution in [0.15, 0.2) is 78.9 Å². The van der Waals surface area contributed by atoms with Gasteiger partial charge in [-0.05, 0) is 42.3 Å². The first-order chi connectivity index (χ1) is 16.5. The number of rotatable bonds is 9. The van der Waals surface area contributed by atoms with Gasteiger partial charge in [0.25, 0.3) is 0 Å². The van der Waals surface area contributed by atoms with Crippen molar-refractivity contribution >= 4 is 40.1 Å². The normalized spacial score (nSPS) is 10.9. The van der Waals surface area contributed by atoms with Crippen molar-refractivity contribution in [2.45, 2.75) is 25.8 Å². The number of aromatic nitrogens is 2. The van der Waals surface area contributed by atoms with E-state index in [9.17, 15) is 9.59 Å². The summed E-state index contributed by atoms with van der Waals surface area (Å²) in [6, 6.07) is 24.8. The van der Waals surface area contributed by atoms with Crippen molar-refractivity contribution in [2.75, 3.05) is 18.5 Å². The molecule has 34 heavy (non-hydrogen) atoms. The van der Waals surface area contributed by atoms with Crippen LogP contribution in [0, 0.1) is 0 Å². The molecule has 0 atom stereocenters. The third kappa shape index (κ3) is 5.64. The molecule has 4 rings (SSSR count). The second-order valence-electron chi connectivity index (χ2n) is 8.11. The lowest BCUT2D eigenvalue weighted by Crippen LogP contribution is -2.30. The van der Waals surface area contributed by atoms with Crippen molar-refractivity contribution in [3.05, 3.63) is 95.3 Å². The number of aryl methyl sites for hydroxylation is 1. The Bertz CT molecular complexity index is 1290. The maximum atomic E-state index is 13.0. The van der Waals surface area contributed by atoms with Crippen LogP contribution in [0.25, 0.3) is 11.0 Å². The van der Waals surface area contributed by atoms with Gasteiger partial charge in [-0.25, -0.2) is 4.98 Å². The van der Waals surface area contributed by atoms with E-state index in [4.69, 9.17) is 16.6 Å². The van der Waals surface area contributed by atoms with Crippen LogP contribution >= 0.6 is 11.6 Å². The third-order valence-electron chi connectivity index (χ3n) is 5.75. The molecule has 0 aliphatic heterocycles. The Kier molecular flexibility index (Phi) is 7.60. The number of carbonyl (C=O) groups is 2. The SMILES string of the molecule is CN(C(=O)Cn1c(CCCNC(=O)Cc2ccccc2Cl)nc2ccccc21)c1ccccc1. The number of nitrogens with zero attached hydrogens (tertiary/aromatic N) is 3. The van der Waals surface area contributed by atoms with Crippen molar-refractivity contribution in [3.8, 4) is 0 Å². The zero-order valence-electron chi connectivity index (χ0n) is 19.1. The van der Waals surface area contributed by atoms with Gasteiger partial charge in [-0.2, -0.15) is 0 Å². The van der Waals surface area contributed by atoms with Crippen LogP contribution in [0.2, 0.25) is 5.02 Å². The Hall–Kier alpha value is -3.64. The Balaban J connectivity index is 1.39. The van der Waals surface area contributed by atoms with Crippen LogP contribution in [0.1, 0.15) is 17.8 Å². The minimum atomic E-state index is -0.0683. The van der Waals surface area contributed by atoms with E-state index < -0.39 is 0 Å². The standard InChI is InChI=1S/C27H27ClN4O2/c1-31(21-11-3-2-4-12-21)27(34)19-32-24-15-8-7-14-23(24)30-25(32)16-9-17-29-26(33)18-20-10-5-6-13-22(20)28/h2-8,10-15H,9,16-19H2,1H3,(H,29,33). The molecule has 0 saturated heterocycles. The molecule has 0 spiro atoms. The van der Waals surface area contributed by atoms with Gasteiger partial charge >= 0.3 is 0 Å². The minimum absolute atomic E-state index is 0.0244. The summed E-state index contributed by atoms with van der Waals surface area (Å²) >= 11 is 6.15. The van der Waals surface area contributed by atoms with Crippen LogP contribution in [0.5, 0.6) is 0 Å². The average molecular weight is 475 g/mol. The molecule has 4 aromatic rings. The molecule has 0 radical (unpaired) electrons. The molecule has 174 valence electrons. The van der Waals surface area contributed by atoms with Gasteiger partial charge in [-0.3, -0.25) is 9.59 Å². The first-order valence-electron chi connectivity index (χ1n) is 11.3. The van der Waals surface area contributed by atoms with Crippen LogP contribution in [-0.2, 0) is 29.0 Å². The molecule has 0 bridgehead atoms. The van der Waals surface area contributed by atoms with E-state index in [2.05, 4.69) is 5.32 Å². The molecule has 1 N–H and O–H groups in total. The number of hydrogen-bond donors (Lipinski definition) is 1. The number of nitrogens with one attached hydrogen (secondary N) is 1. The molecule has 0 unspecified atom stereocenters. The molecule has 1 aromatic heterocycles. The molecule has 0 saturated carbocycles. The maximum Gasteiger partial charge on any atom is 0.246 e.